The van der Waals surface area contributed by atoms with Crippen LogP contribution in [0.1, 0.15) is 25.6 Å². The van der Waals surface area contributed by atoms with Crippen LogP contribution < -0.4 is 4.74 Å². The minimum absolute atomic E-state index is 0.0220. The minimum Gasteiger partial charge on any atom is -0.490 e. The standard InChI is InChI=1S/C34H30F2N6O3S/c1-5-29(44)41-14-18(2)42-23(16-41)13-27(39-42)33-31(30-25(36)11-22(35)12-28(30)45-17-19(3)43)34-24(8-9-46-34)32(37-33)20-6-7-26-21(10-20)15-40(4)38-26/h5-13,15,18-19,43H,1,14,16-17H2,2-4H3/t18-,19+/m0/s1. The molecular formula is C34H30F2N6O3S. The molecule has 1 aliphatic heterocycles. The van der Waals surface area contributed by atoms with E-state index in [9.17, 15) is 14.3 Å². The number of hydrogen-bond acceptors (Lipinski definition) is 7. The lowest BCUT2D eigenvalue weighted by Crippen LogP contribution is -2.39. The molecule has 2 aromatic carbocycles. The fraction of sp³-hybridized carbons (Fsp3) is 0.235. The van der Waals surface area contributed by atoms with Gasteiger partial charge in [-0.05, 0) is 49.6 Å². The van der Waals surface area contributed by atoms with E-state index < -0.39 is 17.7 Å². The molecule has 0 spiro atoms. The van der Waals surface area contributed by atoms with Crippen LogP contribution in [0.25, 0.3) is 54.8 Å². The molecule has 1 N–H and O–H groups in total. The number of nitrogens with zero attached hydrogens (tertiary/aromatic N) is 6. The number of amides is 1. The molecule has 2 atom stereocenters. The van der Waals surface area contributed by atoms with Gasteiger partial charge in [-0.1, -0.05) is 12.6 Å². The first-order chi connectivity index (χ1) is 22.1. The predicted molar refractivity (Wildman–Crippen MR) is 173 cm³/mol. The predicted octanol–water partition coefficient (Wildman–Crippen LogP) is 6.51. The van der Waals surface area contributed by atoms with E-state index in [0.717, 1.165) is 39.7 Å². The van der Waals surface area contributed by atoms with Gasteiger partial charge in [-0.3, -0.25) is 14.2 Å². The second-order valence-corrected chi connectivity index (χ2v) is 12.5. The topological polar surface area (TPSA) is 98.3 Å². The molecule has 0 unspecified atom stereocenters. The summed E-state index contributed by atoms with van der Waals surface area (Å²) in [7, 11) is 1.86. The van der Waals surface area contributed by atoms with Crippen LogP contribution in [0.3, 0.4) is 0 Å². The molecule has 0 saturated heterocycles. The van der Waals surface area contributed by atoms with Crippen molar-refractivity contribution in [2.45, 2.75) is 32.5 Å². The molecule has 9 nitrogen and oxygen atoms in total. The maximum absolute atomic E-state index is 16.0. The van der Waals surface area contributed by atoms with E-state index in [1.165, 1.54) is 24.3 Å². The Kier molecular flexibility index (Phi) is 7.41. The molecule has 6 aromatic rings. The molecule has 0 saturated carbocycles. The quantitative estimate of drug-likeness (QED) is 0.200. The number of aliphatic hydroxyl groups excluding tert-OH is 1. The van der Waals surface area contributed by atoms with E-state index in [0.29, 0.717) is 40.4 Å². The van der Waals surface area contributed by atoms with Crippen molar-refractivity contribution in [3.8, 4) is 39.5 Å². The van der Waals surface area contributed by atoms with E-state index in [1.807, 2.05) is 60.6 Å². The normalized spacial score (nSPS) is 15.3. The number of halogens is 2. The summed E-state index contributed by atoms with van der Waals surface area (Å²) in [4.78, 5) is 19.4. The third-order valence-corrected chi connectivity index (χ3v) is 8.98. The van der Waals surface area contributed by atoms with Crippen molar-refractivity contribution in [2.24, 2.45) is 7.05 Å². The average Bonchev–Trinajstić information content (AvgIpc) is 3.76. The molecule has 7 rings (SSSR count). The molecule has 4 aromatic heterocycles. The Hall–Kier alpha value is -4.94. The van der Waals surface area contributed by atoms with E-state index in [1.54, 1.807) is 9.58 Å². The second-order valence-electron chi connectivity index (χ2n) is 11.6. The molecule has 5 heterocycles. The Labute approximate surface area is 267 Å². The number of fused-ring (bicyclic) bond motifs is 3. The van der Waals surface area contributed by atoms with Gasteiger partial charge in [-0.15, -0.1) is 11.3 Å². The lowest BCUT2D eigenvalue weighted by Gasteiger charge is -2.31. The minimum atomic E-state index is -0.870. The molecule has 0 aliphatic carbocycles. The van der Waals surface area contributed by atoms with Crippen LogP contribution in [-0.4, -0.2) is 59.7 Å². The van der Waals surface area contributed by atoms with Gasteiger partial charge in [0.15, 0.2) is 0 Å². The summed E-state index contributed by atoms with van der Waals surface area (Å²) in [5, 5.41) is 23.0. The smallest absolute Gasteiger partial charge is 0.246 e. The Morgan fingerprint density at radius 3 is 2.78 bits per heavy atom. The first-order valence-electron chi connectivity index (χ1n) is 14.8. The zero-order valence-corrected chi connectivity index (χ0v) is 26.2. The first kappa shape index (κ1) is 29.8. The maximum Gasteiger partial charge on any atom is 0.246 e. The lowest BCUT2D eigenvalue weighted by atomic mass is 9.96. The van der Waals surface area contributed by atoms with Crippen LogP contribution in [-0.2, 0) is 18.4 Å². The average molecular weight is 641 g/mol. The largest absolute Gasteiger partial charge is 0.490 e. The fourth-order valence-electron chi connectivity index (χ4n) is 6.08. The number of ether oxygens (including phenoxy) is 1. The van der Waals surface area contributed by atoms with Crippen LogP contribution in [0.4, 0.5) is 8.78 Å². The third-order valence-electron chi connectivity index (χ3n) is 8.05. The number of benzene rings is 2. The van der Waals surface area contributed by atoms with Gasteiger partial charge >= 0.3 is 0 Å². The van der Waals surface area contributed by atoms with Crippen molar-refractivity contribution in [3.63, 3.8) is 0 Å². The number of carbonyl (C=O) groups is 1. The molecule has 0 fully saturated rings. The summed E-state index contributed by atoms with van der Waals surface area (Å²) >= 11 is 1.40. The van der Waals surface area contributed by atoms with Gasteiger partial charge in [-0.2, -0.15) is 10.2 Å². The molecular weight excluding hydrogens is 610 g/mol. The monoisotopic (exact) mass is 640 g/mol. The highest BCUT2D eigenvalue weighted by Crippen LogP contribution is 2.47. The van der Waals surface area contributed by atoms with Gasteiger partial charge in [0.05, 0.1) is 41.2 Å². The van der Waals surface area contributed by atoms with Crippen LogP contribution in [0.2, 0.25) is 0 Å². The van der Waals surface area contributed by atoms with Crippen LogP contribution >= 0.6 is 11.3 Å². The Bertz CT molecular complexity index is 2170. The summed E-state index contributed by atoms with van der Waals surface area (Å²) in [6.45, 7) is 7.73. The van der Waals surface area contributed by atoms with E-state index in [-0.39, 0.29) is 29.9 Å². The van der Waals surface area contributed by atoms with Gasteiger partial charge in [0.25, 0.3) is 0 Å². The first-order valence-corrected chi connectivity index (χ1v) is 15.6. The molecule has 46 heavy (non-hydrogen) atoms. The summed E-state index contributed by atoms with van der Waals surface area (Å²) in [6, 6.07) is 11.5. The summed E-state index contributed by atoms with van der Waals surface area (Å²) in [6.07, 6.45) is 2.35. The van der Waals surface area contributed by atoms with Gasteiger partial charge in [0.2, 0.25) is 5.91 Å². The highest BCUT2D eigenvalue weighted by Gasteiger charge is 2.30. The maximum atomic E-state index is 16.0. The van der Waals surface area contributed by atoms with Gasteiger partial charge in [-0.25, -0.2) is 13.8 Å². The van der Waals surface area contributed by atoms with Crippen molar-refractivity contribution >= 4 is 38.2 Å². The summed E-state index contributed by atoms with van der Waals surface area (Å²) in [5.41, 5.74) is 4.39. The number of pyridine rings is 1. The summed E-state index contributed by atoms with van der Waals surface area (Å²) < 4.78 is 40.8. The number of aryl methyl sites for hydroxylation is 1. The Balaban J connectivity index is 1.51. The number of rotatable bonds is 7. The van der Waals surface area contributed by atoms with Crippen molar-refractivity contribution in [1.29, 1.82) is 0 Å². The highest BCUT2D eigenvalue weighted by molar-refractivity contribution is 7.18. The number of aliphatic hydroxyl groups is 1. The van der Waals surface area contributed by atoms with E-state index >= 15 is 4.39 Å². The van der Waals surface area contributed by atoms with E-state index in [4.69, 9.17) is 14.8 Å². The number of carbonyl (C=O) groups excluding carboxylic acids is 1. The third kappa shape index (κ3) is 5.13. The van der Waals surface area contributed by atoms with Crippen molar-refractivity contribution < 1.29 is 23.4 Å². The van der Waals surface area contributed by atoms with Crippen LogP contribution in [0.5, 0.6) is 5.75 Å². The Morgan fingerprint density at radius 2 is 2.00 bits per heavy atom. The van der Waals surface area contributed by atoms with Crippen molar-refractivity contribution in [3.05, 3.63) is 84.0 Å². The number of hydrogen-bond donors (Lipinski definition) is 1. The van der Waals surface area contributed by atoms with Crippen LogP contribution in [0, 0.1) is 11.6 Å². The Morgan fingerprint density at radius 1 is 1.17 bits per heavy atom. The number of aromatic nitrogens is 5. The van der Waals surface area contributed by atoms with Crippen molar-refractivity contribution in [1.82, 2.24) is 29.4 Å². The van der Waals surface area contributed by atoms with Gasteiger partial charge in [0.1, 0.15) is 35.4 Å². The van der Waals surface area contributed by atoms with Gasteiger partial charge < -0.3 is 14.7 Å². The highest BCUT2D eigenvalue weighted by atomic mass is 32.1. The molecule has 0 radical (unpaired) electrons. The molecule has 234 valence electrons. The van der Waals surface area contributed by atoms with Crippen molar-refractivity contribution in [2.75, 3.05) is 13.2 Å². The van der Waals surface area contributed by atoms with Gasteiger partial charge in [0, 0.05) is 58.5 Å². The molecule has 12 heteroatoms. The number of thiophene rings is 1. The second kappa shape index (κ2) is 11.5. The SMILES string of the molecule is C=CC(=O)N1Cc2cc(-c3nc(-c4ccc5nn(C)cc5c4)c4ccsc4c3-c3c(F)cc(F)cc3OC[C@@H](C)O)nn2[C@@H](C)C1. The zero-order chi connectivity index (χ0) is 32.3. The summed E-state index contributed by atoms with van der Waals surface area (Å²) in [5.74, 6) is -1.87. The zero-order valence-electron chi connectivity index (χ0n) is 25.4. The van der Waals surface area contributed by atoms with E-state index in [2.05, 4.69) is 11.7 Å². The van der Waals surface area contributed by atoms with Crippen LogP contribution in [0.15, 0.2) is 66.7 Å². The fourth-order valence-corrected chi connectivity index (χ4v) is 7.03. The molecule has 0 bridgehead atoms. The molecule has 1 aliphatic rings. The lowest BCUT2D eigenvalue weighted by molar-refractivity contribution is -0.127. The molecule has 1 amide bonds.